The highest BCUT2D eigenvalue weighted by Gasteiger charge is 2.12. The summed E-state index contributed by atoms with van der Waals surface area (Å²) in [4.78, 5) is 9.12. The second kappa shape index (κ2) is 9.96. The maximum atomic E-state index is 5.49. The van der Waals surface area contributed by atoms with Crippen LogP contribution in [-0.4, -0.2) is 38.4 Å². The van der Waals surface area contributed by atoms with Crippen LogP contribution in [0, 0.1) is 0 Å². The third kappa shape index (κ3) is 4.29. The fourth-order valence-electron chi connectivity index (χ4n) is 4.32. The van der Waals surface area contributed by atoms with Gasteiger partial charge in [0.2, 0.25) is 0 Å². The van der Waals surface area contributed by atoms with E-state index < -0.39 is 0 Å². The lowest BCUT2D eigenvalue weighted by molar-refractivity contribution is 0.355. The van der Waals surface area contributed by atoms with Gasteiger partial charge >= 0.3 is 0 Å². The largest absolute Gasteiger partial charge is 0.493 e. The average molecular weight is 479 g/mol. The Balaban J connectivity index is 1.53. The van der Waals surface area contributed by atoms with Crippen LogP contribution in [-0.2, 0) is 0 Å². The highest BCUT2D eigenvalue weighted by atomic mass is 16.5. The van der Waals surface area contributed by atoms with E-state index in [0.717, 1.165) is 44.4 Å². The lowest BCUT2D eigenvalue weighted by atomic mass is 9.98. The highest BCUT2D eigenvalue weighted by molar-refractivity contribution is 5.95. The molecule has 0 bridgehead atoms. The lowest BCUT2D eigenvalue weighted by Crippen LogP contribution is -1.92. The van der Waals surface area contributed by atoms with E-state index in [1.165, 1.54) is 0 Å². The second-order valence-corrected chi connectivity index (χ2v) is 8.17. The van der Waals surface area contributed by atoms with Crippen molar-refractivity contribution in [1.29, 1.82) is 0 Å². The predicted octanol–water partition coefficient (Wildman–Crippen LogP) is 6.67. The van der Waals surface area contributed by atoms with Crippen molar-refractivity contribution in [3.8, 4) is 56.5 Å². The molecule has 0 N–H and O–H groups in total. The summed E-state index contributed by atoms with van der Waals surface area (Å²) in [7, 11) is 6.55. The molecule has 0 fully saturated rings. The number of rotatable bonds is 7. The maximum absolute atomic E-state index is 5.49. The Hall–Kier alpha value is -4.58. The van der Waals surface area contributed by atoms with Crippen molar-refractivity contribution >= 4 is 10.9 Å². The van der Waals surface area contributed by atoms with E-state index >= 15 is 0 Å². The van der Waals surface area contributed by atoms with E-state index in [4.69, 9.17) is 18.9 Å². The molecule has 0 saturated heterocycles. The average Bonchev–Trinajstić information content (AvgIpc) is 2.95. The zero-order valence-electron chi connectivity index (χ0n) is 20.6. The molecule has 0 aliphatic carbocycles. The lowest BCUT2D eigenvalue weighted by Gasteiger charge is -2.12. The van der Waals surface area contributed by atoms with Crippen molar-refractivity contribution in [3.05, 3.63) is 85.2 Å². The van der Waals surface area contributed by atoms with Crippen LogP contribution in [0.3, 0.4) is 0 Å². The van der Waals surface area contributed by atoms with Gasteiger partial charge in [-0.1, -0.05) is 42.5 Å². The number of fused-ring (bicyclic) bond motifs is 1. The summed E-state index contributed by atoms with van der Waals surface area (Å²) in [6.45, 7) is 0. The standard InChI is InChI=1S/C30H26N2O4/c1-33-26-13-10-22(16-28(26)35-3)19-5-7-20(8-6-19)30-24-15-21(9-12-25(24)31-18-32-30)23-11-14-27(34-2)29(17-23)36-4/h5-18H,1-4H3. The molecule has 6 nitrogen and oxygen atoms in total. The van der Waals surface area contributed by atoms with Gasteiger partial charge in [-0.3, -0.25) is 0 Å². The molecule has 1 aromatic heterocycles. The van der Waals surface area contributed by atoms with Crippen LogP contribution in [0.2, 0.25) is 0 Å². The van der Waals surface area contributed by atoms with E-state index in [1.807, 2.05) is 42.5 Å². The molecule has 0 atom stereocenters. The van der Waals surface area contributed by atoms with Crippen molar-refractivity contribution in [2.45, 2.75) is 0 Å². The van der Waals surface area contributed by atoms with Crippen LogP contribution < -0.4 is 18.9 Å². The second-order valence-electron chi connectivity index (χ2n) is 8.17. The van der Waals surface area contributed by atoms with E-state index in [9.17, 15) is 0 Å². The molecule has 6 heteroatoms. The fourth-order valence-corrected chi connectivity index (χ4v) is 4.32. The molecule has 4 aromatic carbocycles. The molecule has 0 unspecified atom stereocenters. The molecule has 0 aliphatic heterocycles. The molecule has 0 radical (unpaired) electrons. The van der Waals surface area contributed by atoms with Crippen LogP contribution in [0.15, 0.2) is 85.2 Å². The molecule has 5 rings (SSSR count). The Kier molecular flexibility index (Phi) is 6.41. The van der Waals surface area contributed by atoms with Crippen molar-refractivity contribution in [1.82, 2.24) is 9.97 Å². The SMILES string of the molecule is COc1ccc(-c2ccc(-c3ncnc4ccc(-c5ccc(OC)c(OC)c5)cc34)cc2)cc1OC. The summed E-state index contributed by atoms with van der Waals surface area (Å²) in [5.74, 6) is 2.78. The van der Waals surface area contributed by atoms with Gasteiger partial charge < -0.3 is 18.9 Å². The zero-order chi connectivity index (χ0) is 25.1. The summed E-state index contributed by atoms with van der Waals surface area (Å²) < 4.78 is 21.7. The Bertz CT molecular complexity index is 1530. The fraction of sp³-hybridized carbons (Fsp3) is 0.133. The Morgan fingerprint density at radius 1 is 0.444 bits per heavy atom. The number of aromatic nitrogens is 2. The van der Waals surface area contributed by atoms with E-state index in [-0.39, 0.29) is 0 Å². The van der Waals surface area contributed by atoms with Gasteiger partial charge in [0.1, 0.15) is 6.33 Å². The smallest absolute Gasteiger partial charge is 0.161 e. The number of methoxy groups -OCH3 is 4. The maximum Gasteiger partial charge on any atom is 0.161 e. The van der Waals surface area contributed by atoms with E-state index in [0.29, 0.717) is 23.0 Å². The summed E-state index contributed by atoms with van der Waals surface area (Å²) in [6, 6.07) is 26.3. The summed E-state index contributed by atoms with van der Waals surface area (Å²) in [5.41, 5.74) is 6.95. The summed E-state index contributed by atoms with van der Waals surface area (Å²) in [5, 5.41) is 0.976. The predicted molar refractivity (Wildman–Crippen MR) is 142 cm³/mol. The van der Waals surface area contributed by atoms with Gasteiger partial charge in [-0.05, 0) is 58.7 Å². The normalized spacial score (nSPS) is 10.8. The molecular weight excluding hydrogens is 452 g/mol. The van der Waals surface area contributed by atoms with E-state index in [1.54, 1.807) is 34.8 Å². The first-order valence-corrected chi connectivity index (χ1v) is 11.4. The van der Waals surface area contributed by atoms with Gasteiger partial charge in [-0.25, -0.2) is 9.97 Å². The minimum atomic E-state index is 0.686. The zero-order valence-corrected chi connectivity index (χ0v) is 20.6. The first-order chi connectivity index (χ1) is 17.6. The molecule has 1 heterocycles. The van der Waals surface area contributed by atoms with Gasteiger partial charge in [0.15, 0.2) is 23.0 Å². The highest BCUT2D eigenvalue weighted by Crippen LogP contribution is 2.36. The third-order valence-electron chi connectivity index (χ3n) is 6.23. The number of nitrogens with zero attached hydrogens (tertiary/aromatic N) is 2. The Morgan fingerprint density at radius 3 is 1.50 bits per heavy atom. The summed E-state index contributed by atoms with van der Waals surface area (Å²) >= 11 is 0. The topological polar surface area (TPSA) is 62.7 Å². The first-order valence-electron chi connectivity index (χ1n) is 11.4. The molecular formula is C30H26N2O4. The monoisotopic (exact) mass is 478 g/mol. The van der Waals surface area contributed by atoms with Crippen LogP contribution in [0.4, 0.5) is 0 Å². The van der Waals surface area contributed by atoms with Crippen LogP contribution in [0.5, 0.6) is 23.0 Å². The third-order valence-corrected chi connectivity index (χ3v) is 6.23. The molecule has 180 valence electrons. The van der Waals surface area contributed by atoms with Crippen molar-refractivity contribution in [2.24, 2.45) is 0 Å². The molecule has 0 amide bonds. The number of hydrogen-bond donors (Lipinski definition) is 0. The van der Waals surface area contributed by atoms with Gasteiger partial charge in [0.25, 0.3) is 0 Å². The molecule has 0 saturated carbocycles. The number of hydrogen-bond acceptors (Lipinski definition) is 6. The van der Waals surface area contributed by atoms with Crippen molar-refractivity contribution < 1.29 is 18.9 Å². The Labute approximate surface area is 210 Å². The summed E-state index contributed by atoms with van der Waals surface area (Å²) in [6.07, 6.45) is 1.61. The van der Waals surface area contributed by atoms with Crippen LogP contribution in [0.25, 0.3) is 44.4 Å². The minimum Gasteiger partial charge on any atom is -0.493 e. The molecule has 5 aromatic rings. The van der Waals surface area contributed by atoms with Gasteiger partial charge in [0.05, 0.1) is 39.6 Å². The number of ether oxygens (including phenoxy) is 4. The first kappa shape index (κ1) is 23.2. The van der Waals surface area contributed by atoms with Gasteiger partial charge in [-0.15, -0.1) is 0 Å². The van der Waals surface area contributed by atoms with Crippen LogP contribution >= 0.6 is 0 Å². The molecule has 36 heavy (non-hydrogen) atoms. The van der Waals surface area contributed by atoms with Crippen molar-refractivity contribution in [2.75, 3.05) is 28.4 Å². The van der Waals surface area contributed by atoms with Gasteiger partial charge in [-0.2, -0.15) is 0 Å². The minimum absolute atomic E-state index is 0.686. The molecule has 0 spiro atoms. The quantitative estimate of drug-likeness (QED) is 0.260. The Morgan fingerprint density at radius 2 is 0.917 bits per heavy atom. The van der Waals surface area contributed by atoms with Gasteiger partial charge in [0, 0.05) is 10.9 Å². The van der Waals surface area contributed by atoms with Crippen molar-refractivity contribution in [3.63, 3.8) is 0 Å². The molecule has 0 aliphatic rings. The number of benzene rings is 4. The van der Waals surface area contributed by atoms with E-state index in [2.05, 4.69) is 46.4 Å². The van der Waals surface area contributed by atoms with Crippen LogP contribution in [0.1, 0.15) is 0 Å².